The maximum absolute atomic E-state index is 13.2. The molecule has 168 valence electrons. The molecule has 1 heterocycles. The number of nitrogens with zero attached hydrogens (tertiary/aromatic N) is 1. The van der Waals surface area contributed by atoms with Gasteiger partial charge in [-0.15, -0.1) is 24.0 Å². The number of para-hydroxylation sites is 2. The predicted octanol–water partition coefficient (Wildman–Crippen LogP) is 2.50. The molecule has 9 heteroatoms. The van der Waals surface area contributed by atoms with E-state index < -0.39 is 0 Å². The Morgan fingerprint density at radius 3 is 2.65 bits per heavy atom. The van der Waals surface area contributed by atoms with Crippen LogP contribution in [0.25, 0.3) is 0 Å². The van der Waals surface area contributed by atoms with Crippen LogP contribution in [-0.2, 0) is 11.2 Å². The number of fused-ring (bicyclic) bond motifs is 1. The van der Waals surface area contributed by atoms with Crippen LogP contribution in [0.15, 0.2) is 53.5 Å². The molecule has 7 nitrogen and oxygen atoms in total. The van der Waals surface area contributed by atoms with Crippen LogP contribution in [-0.4, -0.2) is 50.8 Å². The Morgan fingerprint density at radius 2 is 1.87 bits per heavy atom. The highest BCUT2D eigenvalue weighted by atomic mass is 127. The number of aliphatic imine (C=N–C) groups is 1. The van der Waals surface area contributed by atoms with Crippen molar-refractivity contribution >= 4 is 35.8 Å². The second kappa shape index (κ2) is 13.0. The van der Waals surface area contributed by atoms with Crippen molar-refractivity contribution in [3.8, 4) is 11.5 Å². The van der Waals surface area contributed by atoms with Crippen molar-refractivity contribution in [1.82, 2.24) is 16.0 Å². The van der Waals surface area contributed by atoms with Gasteiger partial charge in [0.15, 0.2) is 23.6 Å². The van der Waals surface area contributed by atoms with Gasteiger partial charge in [-0.25, -0.2) is 9.38 Å². The molecule has 1 amide bonds. The number of halogens is 2. The Kier molecular flexibility index (Phi) is 10.3. The number of guanidine groups is 1. The number of benzene rings is 2. The Hall–Kier alpha value is -2.56. The fraction of sp³-hybridized carbons (Fsp3) is 0.364. The Balaban J connectivity index is 0.00000341. The highest BCUT2D eigenvalue weighted by Gasteiger charge is 2.20. The minimum absolute atomic E-state index is 0. The van der Waals surface area contributed by atoms with Crippen molar-refractivity contribution in [2.24, 2.45) is 4.99 Å². The zero-order valence-electron chi connectivity index (χ0n) is 17.4. The van der Waals surface area contributed by atoms with Gasteiger partial charge >= 0.3 is 0 Å². The molecule has 2 aromatic rings. The molecule has 2 aromatic carbocycles. The first-order valence-electron chi connectivity index (χ1n) is 10.1. The lowest BCUT2D eigenvalue weighted by atomic mass is 10.1. The van der Waals surface area contributed by atoms with Gasteiger partial charge < -0.3 is 25.4 Å². The predicted molar refractivity (Wildman–Crippen MR) is 129 cm³/mol. The number of carbonyl (C=O) groups is 1. The monoisotopic (exact) mass is 542 g/mol. The number of nitrogens with one attached hydrogen (secondary N) is 3. The molecule has 0 radical (unpaired) electrons. The summed E-state index contributed by atoms with van der Waals surface area (Å²) >= 11 is 0. The summed E-state index contributed by atoms with van der Waals surface area (Å²) in [6.07, 6.45) is -0.0202. The van der Waals surface area contributed by atoms with Gasteiger partial charge in [-0.2, -0.15) is 0 Å². The summed E-state index contributed by atoms with van der Waals surface area (Å²) in [6.45, 7) is 4.50. The van der Waals surface area contributed by atoms with E-state index in [9.17, 15) is 9.18 Å². The first-order valence-corrected chi connectivity index (χ1v) is 10.1. The number of rotatable bonds is 8. The molecule has 0 spiro atoms. The molecule has 0 bridgehead atoms. The second-order valence-corrected chi connectivity index (χ2v) is 6.80. The molecule has 1 atom stereocenters. The average Bonchev–Trinajstić information content (AvgIpc) is 2.75. The summed E-state index contributed by atoms with van der Waals surface area (Å²) in [6, 6.07) is 13.6. The van der Waals surface area contributed by atoms with Crippen LogP contribution in [0.4, 0.5) is 4.39 Å². The summed E-state index contributed by atoms with van der Waals surface area (Å²) < 4.78 is 24.8. The molecular formula is C22H28FIN4O3. The third-order valence-corrected chi connectivity index (χ3v) is 4.36. The van der Waals surface area contributed by atoms with Crippen molar-refractivity contribution in [2.75, 3.05) is 32.8 Å². The molecule has 3 N–H and O–H groups in total. The van der Waals surface area contributed by atoms with Gasteiger partial charge in [0.05, 0.1) is 13.0 Å². The van der Waals surface area contributed by atoms with Crippen LogP contribution in [0.1, 0.15) is 12.5 Å². The third-order valence-electron chi connectivity index (χ3n) is 4.36. The lowest BCUT2D eigenvalue weighted by Gasteiger charge is -2.25. The first-order chi connectivity index (χ1) is 14.6. The van der Waals surface area contributed by atoms with E-state index in [0.29, 0.717) is 44.3 Å². The van der Waals surface area contributed by atoms with Crippen LogP contribution in [0.5, 0.6) is 11.5 Å². The molecule has 0 fully saturated rings. The molecule has 0 saturated carbocycles. The second-order valence-electron chi connectivity index (χ2n) is 6.80. The van der Waals surface area contributed by atoms with E-state index in [2.05, 4.69) is 20.9 Å². The summed E-state index contributed by atoms with van der Waals surface area (Å²) in [5.74, 6) is 1.61. The summed E-state index contributed by atoms with van der Waals surface area (Å²) in [4.78, 5) is 16.5. The summed E-state index contributed by atoms with van der Waals surface area (Å²) in [5.41, 5.74) is 0.645. The van der Waals surface area contributed by atoms with Crippen molar-refractivity contribution in [2.45, 2.75) is 19.4 Å². The molecule has 1 unspecified atom stereocenters. The smallest absolute Gasteiger partial charge is 0.224 e. The fourth-order valence-corrected chi connectivity index (χ4v) is 2.97. The van der Waals surface area contributed by atoms with E-state index in [4.69, 9.17) is 9.47 Å². The standard InChI is InChI=1S/C22H27FN4O3.HI/c1-2-24-22(27-14-18-15-29-19-8-3-4-9-20(19)30-18)26-11-10-25-21(28)13-16-6-5-7-17(23)12-16;/h3-9,12,18H,2,10-11,13-15H2,1H3,(H,25,28)(H2,24,26,27);1H. The Bertz CT molecular complexity index is 881. The molecule has 3 rings (SSSR count). The molecular weight excluding hydrogens is 514 g/mol. The van der Waals surface area contributed by atoms with E-state index in [-0.39, 0.29) is 48.2 Å². The van der Waals surface area contributed by atoms with Gasteiger partial charge in [0.2, 0.25) is 5.91 Å². The average molecular weight is 542 g/mol. The van der Waals surface area contributed by atoms with Gasteiger partial charge in [-0.3, -0.25) is 4.79 Å². The van der Waals surface area contributed by atoms with Gasteiger partial charge in [0.25, 0.3) is 0 Å². The van der Waals surface area contributed by atoms with E-state index in [1.807, 2.05) is 31.2 Å². The maximum atomic E-state index is 13.2. The van der Waals surface area contributed by atoms with Gasteiger partial charge in [-0.1, -0.05) is 24.3 Å². The lowest BCUT2D eigenvalue weighted by molar-refractivity contribution is -0.120. The van der Waals surface area contributed by atoms with E-state index >= 15 is 0 Å². The topological polar surface area (TPSA) is 84.0 Å². The zero-order chi connectivity index (χ0) is 21.2. The van der Waals surface area contributed by atoms with E-state index in [1.54, 1.807) is 12.1 Å². The van der Waals surface area contributed by atoms with E-state index in [1.165, 1.54) is 12.1 Å². The highest BCUT2D eigenvalue weighted by molar-refractivity contribution is 14.0. The Morgan fingerprint density at radius 1 is 1.10 bits per heavy atom. The molecule has 0 saturated heterocycles. The number of ether oxygens (including phenoxy) is 2. The quantitative estimate of drug-likeness (QED) is 0.207. The minimum Gasteiger partial charge on any atom is -0.486 e. The summed E-state index contributed by atoms with van der Waals surface area (Å²) in [7, 11) is 0. The highest BCUT2D eigenvalue weighted by Crippen LogP contribution is 2.30. The largest absolute Gasteiger partial charge is 0.486 e. The number of carbonyl (C=O) groups excluding carboxylic acids is 1. The lowest BCUT2D eigenvalue weighted by Crippen LogP contribution is -2.42. The van der Waals surface area contributed by atoms with Crippen molar-refractivity contribution in [3.63, 3.8) is 0 Å². The van der Waals surface area contributed by atoms with Crippen molar-refractivity contribution in [3.05, 3.63) is 59.9 Å². The number of hydrogen-bond donors (Lipinski definition) is 3. The first kappa shape index (κ1) is 24.7. The molecule has 0 aliphatic carbocycles. The zero-order valence-corrected chi connectivity index (χ0v) is 19.7. The third kappa shape index (κ3) is 8.23. The van der Waals surface area contributed by atoms with Gasteiger partial charge in [-0.05, 0) is 36.8 Å². The van der Waals surface area contributed by atoms with Crippen LogP contribution < -0.4 is 25.4 Å². The molecule has 1 aliphatic heterocycles. The van der Waals surface area contributed by atoms with Crippen LogP contribution in [0.2, 0.25) is 0 Å². The molecule has 31 heavy (non-hydrogen) atoms. The van der Waals surface area contributed by atoms with Crippen LogP contribution >= 0.6 is 24.0 Å². The van der Waals surface area contributed by atoms with Crippen LogP contribution in [0, 0.1) is 5.82 Å². The maximum Gasteiger partial charge on any atom is 0.224 e. The summed E-state index contributed by atoms with van der Waals surface area (Å²) in [5, 5.41) is 9.15. The van der Waals surface area contributed by atoms with Crippen molar-refractivity contribution < 1.29 is 18.7 Å². The Labute approximate surface area is 198 Å². The van der Waals surface area contributed by atoms with Crippen LogP contribution in [0.3, 0.4) is 0 Å². The SMILES string of the molecule is CCNC(=NCC1COc2ccccc2O1)NCCNC(=O)Cc1cccc(F)c1.I. The van der Waals surface area contributed by atoms with Gasteiger partial charge in [0.1, 0.15) is 12.4 Å². The number of hydrogen-bond acceptors (Lipinski definition) is 4. The van der Waals surface area contributed by atoms with Gasteiger partial charge in [0, 0.05) is 19.6 Å². The minimum atomic E-state index is -0.343. The molecule has 0 aromatic heterocycles. The van der Waals surface area contributed by atoms with E-state index in [0.717, 1.165) is 11.5 Å². The van der Waals surface area contributed by atoms with Crippen molar-refractivity contribution in [1.29, 1.82) is 0 Å². The number of amides is 1. The molecule has 1 aliphatic rings. The normalized spacial score (nSPS) is 14.9. The fourth-order valence-electron chi connectivity index (χ4n) is 2.97.